The molecule has 3 aliphatic rings. The van der Waals surface area contributed by atoms with Crippen LogP contribution in [-0.2, 0) is 17.6 Å². The third-order valence-corrected chi connectivity index (χ3v) is 8.68. The molecule has 1 amide bonds. The van der Waals surface area contributed by atoms with Crippen molar-refractivity contribution in [2.24, 2.45) is 11.8 Å². The fourth-order valence-corrected chi connectivity index (χ4v) is 6.44. The summed E-state index contributed by atoms with van der Waals surface area (Å²) in [5, 5.41) is 23.5. The Hall–Kier alpha value is -2.77. The number of anilines is 1. The lowest BCUT2D eigenvalue weighted by Gasteiger charge is -2.54. The topological polar surface area (TPSA) is 99.3 Å². The molecule has 2 unspecified atom stereocenters. The van der Waals surface area contributed by atoms with Gasteiger partial charge in [0, 0.05) is 25.3 Å². The minimum Gasteiger partial charge on any atom is -0.504 e. The smallest absolute Gasteiger partial charge is 0.259 e. The van der Waals surface area contributed by atoms with E-state index in [0.29, 0.717) is 11.6 Å². The summed E-state index contributed by atoms with van der Waals surface area (Å²) in [6, 6.07) is 12.7. The molecule has 1 heterocycles. The van der Waals surface area contributed by atoms with Gasteiger partial charge in [0.2, 0.25) is 0 Å². The van der Waals surface area contributed by atoms with Crippen molar-refractivity contribution in [2.75, 3.05) is 25.9 Å². The normalized spacial score (nSPS) is 25.9. The molecule has 3 fully saturated rings. The minimum absolute atomic E-state index is 0.00800. The second-order valence-corrected chi connectivity index (χ2v) is 11.4. The van der Waals surface area contributed by atoms with Gasteiger partial charge in [0.25, 0.3) is 5.91 Å². The molecule has 1 aliphatic heterocycles. The summed E-state index contributed by atoms with van der Waals surface area (Å²) in [5.74, 6) is 1.21. The number of rotatable bonds is 9. The molecule has 3 atom stereocenters. The molecule has 5 rings (SSSR count). The van der Waals surface area contributed by atoms with Crippen LogP contribution in [0.15, 0.2) is 42.5 Å². The second-order valence-electron chi connectivity index (χ2n) is 11.4. The van der Waals surface area contributed by atoms with Gasteiger partial charge in [-0.05, 0) is 98.7 Å². The Labute approximate surface area is 220 Å². The Kier molecular flexibility index (Phi) is 7.63. The number of likely N-dealkylation sites (tertiary alicyclic amines) is 1. The van der Waals surface area contributed by atoms with Crippen molar-refractivity contribution in [3.8, 4) is 11.5 Å². The van der Waals surface area contributed by atoms with Crippen LogP contribution in [0.4, 0.5) is 5.69 Å². The van der Waals surface area contributed by atoms with E-state index in [-0.39, 0.29) is 29.9 Å². The van der Waals surface area contributed by atoms with Crippen molar-refractivity contribution in [3.63, 3.8) is 0 Å². The van der Waals surface area contributed by atoms with Crippen LogP contribution >= 0.6 is 0 Å². The number of aliphatic hydroxyl groups is 1. The predicted octanol–water partition coefficient (Wildman–Crippen LogP) is 4.31. The Morgan fingerprint density at radius 2 is 1.97 bits per heavy atom. The van der Waals surface area contributed by atoms with E-state index in [1.807, 2.05) is 24.3 Å². The SMILES string of the molecule is CN(Oc1cc(CC[C@H]2N(CC3CC3)CCC3CCCCC32O)ccc1O)C(=O)Cc1cccc(N)c1. The van der Waals surface area contributed by atoms with E-state index in [9.17, 15) is 15.0 Å². The highest BCUT2D eigenvalue weighted by Gasteiger charge is 2.50. The van der Waals surface area contributed by atoms with Crippen LogP contribution in [0, 0.1) is 11.8 Å². The van der Waals surface area contributed by atoms with E-state index in [2.05, 4.69) is 4.90 Å². The number of hydroxylamine groups is 2. The van der Waals surface area contributed by atoms with Gasteiger partial charge in [0.1, 0.15) is 0 Å². The quantitative estimate of drug-likeness (QED) is 0.346. The maximum atomic E-state index is 12.7. The molecule has 0 aromatic heterocycles. The molecular formula is C30H41N3O4. The number of piperidine rings is 1. The lowest BCUT2D eigenvalue weighted by Crippen LogP contribution is -2.62. The number of aryl methyl sites for hydroxylation is 1. The van der Waals surface area contributed by atoms with Crippen LogP contribution < -0.4 is 10.6 Å². The van der Waals surface area contributed by atoms with E-state index >= 15 is 0 Å². The zero-order valence-corrected chi connectivity index (χ0v) is 21.9. The molecule has 1 saturated heterocycles. The number of nitrogens with zero attached hydrogens (tertiary/aromatic N) is 2. The number of carbonyl (C=O) groups is 1. The first-order chi connectivity index (χ1) is 17.8. The monoisotopic (exact) mass is 507 g/mol. The first-order valence-electron chi connectivity index (χ1n) is 13.9. The number of carbonyl (C=O) groups excluding carboxylic acids is 1. The Morgan fingerprint density at radius 3 is 2.76 bits per heavy atom. The van der Waals surface area contributed by atoms with Crippen molar-refractivity contribution < 1.29 is 19.8 Å². The van der Waals surface area contributed by atoms with Gasteiger partial charge in [-0.15, -0.1) is 0 Å². The van der Waals surface area contributed by atoms with E-state index in [1.54, 1.807) is 25.2 Å². The summed E-state index contributed by atoms with van der Waals surface area (Å²) in [6.07, 6.45) is 9.89. The number of benzene rings is 2. The van der Waals surface area contributed by atoms with Crippen molar-refractivity contribution in [1.29, 1.82) is 0 Å². The predicted molar refractivity (Wildman–Crippen MR) is 144 cm³/mol. The summed E-state index contributed by atoms with van der Waals surface area (Å²) < 4.78 is 0. The van der Waals surface area contributed by atoms with Gasteiger partial charge in [0.15, 0.2) is 11.5 Å². The largest absolute Gasteiger partial charge is 0.504 e. The summed E-state index contributed by atoms with van der Waals surface area (Å²) in [7, 11) is 1.55. The highest BCUT2D eigenvalue weighted by molar-refractivity contribution is 5.78. The number of hydrogen-bond acceptors (Lipinski definition) is 6. The molecule has 0 bridgehead atoms. The molecule has 37 heavy (non-hydrogen) atoms. The number of nitrogens with two attached hydrogens (primary N) is 1. The van der Waals surface area contributed by atoms with Crippen LogP contribution in [0.5, 0.6) is 11.5 Å². The fraction of sp³-hybridized carbons (Fsp3) is 0.567. The number of nitrogen functional groups attached to an aromatic ring is 1. The Bertz CT molecular complexity index is 1100. The lowest BCUT2D eigenvalue weighted by atomic mass is 9.66. The first kappa shape index (κ1) is 25.9. The third-order valence-electron chi connectivity index (χ3n) is 8.68. The third kappa shape index (κ3) is 6.04. The molecule has 7 nitrogen and oxygen atoms in total. The highest BCUT2D eigenvalue weighted by atomic mass is 16.7. The van der Waals surface area contributed by atoms with Crippen LogP contribution in [0.3, 0.4) is 0 Å². The molecule has 2 aromatic carbocycles. The van der Waals surface area contributed by atoms with E-state index in [4.69, 9.17) is 10.6 Å². The fourth-order valence-electron chi connectivity index (χ4n) is 6.44. The molecule has 200 valence electrons. The average Bonchev–Trinajstić information content (AvgIpc) is 3.69. The molecular weight excluding hydrogens is 466 g/mol. The van der Waals surface area contributed by atoms with Crippen molar-refractivity contribution in [1.82, 2.24) is 9.96 Å². The van der Waals surface area contributed by atoms with Crippen LogP contribution in [0.2, 0.25) is 0 Å². The number of phenolic OH excluding ortho intramolecular Hbond substituents is 1. The molecule has 2 saturated carbocycles. The average molecular weight is 508 g/mol. The molecule has 7 heteroatoms. The first-order valence-corrected chi connectivity index (χ1v) is 13.9. The summed E-state index contributed by atoms with van der Waals surface area (Å²) in [6.45, 7) is 2.18. The molecule has 2 aliphatic carbocycles. The summed E-state index contributed by atoms with van der Waals surface area (Å²) in [4.78, 5) is 21.0. The lowest BCUT2D eigenvalue weighted by molar-refractivity contribution is -0.152. The van der Waals surface area contributed by atoms with Gasteiger partial charge in [0.05, 0.1) is 12.0 Å². The maximum Gasteiger partial charge on any atom is 0.259 e. The van der Waals surface area contributed by atoms with Gasteiger partial charge in [-0.25, -0.2) is 0 Å². The molecule has 0 radical (unpaired) electrons. The van der Waals surface area contributed by atoms with Crippen LogP contribution in [0.1, 0.15) is 62.5 Å². The number of phenols is 1. The Morgan fingerprint density at radius 1 is 1.14 bits per heavy atom. The molecule has 2 aromatic rings. The van der Waals surface area contributed by atoms with Crippen molar-refractivity contribution in [2.45, 2.75) is 75.9 Å². The van der Waals surface area contributed by atoms with Gasteiger partial charge in [-0.1, -0.05) is 31.0 Å². The molecule has 0 spiro atoms. The zero-order chi connectivity index (χ0) is 26.0. The van der Waals surface area contributed by atoms with Crippen molar-refractivity contribution in [3.05, 3.63) is 53.6 Å². The standard InChI is InChI=1S/C30H41N3O4/c1-32(29(35)19-23-5-4-7-25(31)17-23)37-27-18-21(10-12-26(27)34)11-13-28-30(36)15-3-2-6-24(30)14-16-33(28)20-22-8-9-22/h4-5,7,10,12,17-18,22,24,28,34,36H,2-3,6,8-9,11,13-16,19-20,31H2,1H3/t24?,28-,30?/m1/s1. The van der Waals surface area contributed by atoms with Crippen LogP contribution in [0.25, 0.3) is 0 Å². The maximum absolute atomic E-state index is 12.7. The highest BCUT2D eigenvalue weighted by Crippen LogP contribution is 2.46. The molecule has 4 N–H and O–H groups in total. The van der Waals surface area contributed by atoms with E-state index in [1.165, 1.54) is 19.3 Å². The van der Waals surface area contributed by atoms with E-state index < -0.39 is 5.60 Å². The number of amides is 1. The van der Waals surface area contributed by atoms with Gasteiger partial charge < -0.3 is 20.8 Å². The summed E-state index contributed by atoms with van der Waals surface area (Å²) >= 11 is 0. The van der Waals surface area contributed by atoms with E-state index in [0.717, 1.165) is 73.7 Å². The number of likely N-dealkylation sites (N-methyl/N-ethyl adjacent to an activating group) is 1. The zero-order valence-electron chi connectivity index (χ0n) is 21.9. The number of hydrogen-bond donors (Lipinski definition) is 3. The summed E-state index contributed by atoms with van der Waals surface area (Å²) in [5.41, 5.74) is 7.66. The number of fused-ring (bicyclic) bond motifs is 1. The van der Waals surface area contributed by atoms with Crippen LogP contribution in [-0.4, -0.2) is 57.9 Å². The second kappa shape index (κ2) is 10.9. The van der Waals surface area contributed by atoms with Gasteiger partial charge in [-0.3, -0.25) is 9.69 Å². The minimum atomic E-state index is -0.602. The van der Waals surface area contributed by atoms with Gasteiger partial charge >= 0.3 is 0 Å². The van der Waals surface area contributed by atoms with Gasteiger partial charge in [-0.2, -0.15) is 5.06 Å². The Balaban J connectivity index is 1.25. The van der Waals surface area contributed by atoms with Crippen molar-refractivity contribution >= 4 is 11.6 Å². The number of aromatic hydroxyl groups is 1.